The zero-order valence-electron chi connectivity index (χ0n) is 37.6. The molecule has 37 heavy (non-hydrogen) atoms. The van der Waals surface area contributed by atoms with Crippen LogP contribution in [0.25, 0.3) is 76.5 Å². The van der Waals surface area contributed by atoms with Crippen molar-refractivity contribution in [1.29, 1.82) is 0 Å². The summed E-state index contributed by atoms with van der Waals surface area (Å²) < 4.78 is 173. The number of fused-ring (bicyclic) bond motifs is 6. The van der Waals surface area contributed by atoms with Crippen LogP contribution in [0.5, 0.6) is 0 Å². The summed E-state index contributed by atoms with van der Waals surface area (Å²) in [6.07, 6.45) is 0. The lowest BCUT2D eigenvalue weighted by molar-refractivity contribution is 0.670. The molecule has 1 nitrogen and oxygen atoms in total. The van der Waals surface area contributed by atoms with Crippen molar-refractivity contribution in [3.8, 4) is 22.3 Å². The number of hydrogen-bond acceptors (Lipinski definition) is 1. The van der Waals surface area contributed by atoms with E-state index in [9.17, 15) is 6.85 Å². The lowest BCUT2D eigenvalue weighted by atomic mass is 9.84. The predicted molar refractivity (Wildman–Crippen MR) is 157 cm³/mol. The Morgan fingerprint density at radius 1 is 0.432 bits per heavy atom. The van der Waals surface area contributed by atoms with Gasteiger partial charge in [0.1, 0.15) is 11.2 Å². The van der Waals surface area contributed by atoms with E-state index in [2.05, 4.69) is 0 Å². The van der Waals surface area contributed by atoms with Crippen LogP contribution in [0.1, 0.15) is 26.0 Å². The van der Waals surface area contributed by atoms with Crippen LogP contribution in [0.4, 0.5) is 0 Å². The summed E-state index contributed by atoms with van der Waals surface area (Å²) in [7, 11) is 0. The molecule has 0 aliphatic rings. The fourth-order valence-electron chi connectivity index (χ4n) is 4.85. The molecule has 8 aromatic rings. The third-order valence-electron chi connectivity index (χ3n) is 6.35. The van der Waals surface area contributed by atoms with E-state index >= 15 is 0 Å². The van der Waals surface area contributed by atoms with Gasteiger partial charge in [-0.15, -0.1) is 0 Å². The minimum Gasteiger partial charge on any atom is -0.455 e. The number of furan rings is 1. The molecule has 0 N–H and O–H groups in total. The van der Waals surface area contributed by atoms with E-state index < -0.39 is 147 Å². The Balaban J connectivity index is 1.77. The van der Waals surface area contributed by atoms with E-state index in [1.54, 1.807) is 0 Å². The molecule has 0 fully saturated rings. The summed E-state index contributed by atoms with van der Waals surface area (Å²) in [4.78, 5) is 0. The maximum absolute atomic E-state index is 9.28. The Kier molecular flexibility index (Phi) is 1.94. The molecule has 172 valence electrons. The van der Waals surface area contributed by atoms with E-state index in [1.807, 2.05) is 0 Å². The standard InChI is InChI=1S/C36H22O/c1-2-13-24-23(11-1)12-9-19-26(24)34-27-15-3-5-17-29(27)35(30-18-6-4-16-28(30)34)32-21-10-20-31-25-14-7-8-22-33(25)37-36(31)32/h1-22H/i1D,2D,3D,4D,5D,6D,7D,8D,9D,11D,12D,13D,14D,15D,16D,17D,18D,19D,22D. The van der Waals surface area contributed by atoms with Gasteiger partial charge >= 0.3 is 0 Å². The fraction of sp³-hybridized carbons (Fsp3) is 0. The molecule has 8 rings (SSSR count). The molecule has 1 heteroatoms. The van der Waals surface area contributed by atoms with Crippen molar-refractivity contribution >= 4 is 54.3 Å². The molecular weight excluding hydrogens is 448 g/mol. The first-order chi connectivity index (χ1) is 26.3. The monoisotopic (exact) mass is 489 g/mol. The van der Waals surface area contributed by atoms with Crippen LogP contribution in [0.3, 0.4) is 0 Å². The van der Waals surface area contributed by atoms with E-state index in [0.29, 0.717) is 0 Å². The van der Waals surface area contributed by atoms with Gasteiger partial charge in [0.15, 0.2) is 0 Å². The van der Waals surface area contributed by atoms with Gasteiger partial charge < -0.3 is 4.42 Å². The highest BCUT2D eigenvalue weighted by Crippen LogP contribution is 2.47. The highest BCUT2D eigenvalue weighted by molar-refractivity contribution is 6.25. The van der Waals surface area contributed by atoms with Gasteiger partial charge in [-0.2, -0.15) is 0 Å². The average molecular weight is 490 g/mol. The van der Waals surface area contributed by atoms with Crippen LogP contribution >= 0.6 is 0 Å². The first-order valence-corrected chi connectivity index (χ1v) is 11.2. The van der Waals surface area contributed by atoms with Gasteiger partial charge in [0.2, 0.25) is 0 Å². The summed E-state index contributed by atoms with van der Waals surface area (Å²) in [5.41, 5.74) is -1.62. The third kappa shape index (κ3) is 2.92. The molecule has 0 radical (unpaired) electrons. The Morgan fingerprint density at radius 2 is 0.973 bits per heavy atom. The van der Waals surface area contributed by atoms with Gasteiger partial charge in [0.25, 0.3) is 0 Å². The van der Waals surface area contributed by atoms with E-state index in [0.717, 1.165) is 0 Å². The maximum atomic E-state index is 9.28. The number of para-hydroxylation sites is 2. The van der Waals surface area contributed by atoms with Crippen molar-refractivity contribution in [1.82, 2.24) is 0 Å². The zero-order valence-corrected chi connectivity index (χ0v) is 18.6. The predicted octanol–water partition coefficient (Wildman–Crippen LogP) is 10.4. The second kappa shape index (κ2) is 7.81. The third-order valence-corrected chi connectivity index (χ3v) is 6.35. The van der Waals surface area contributed by atoms with E-state index in [4.69, 9.17) is 23.6 Å². The maximum Gasteiger partial charge on any atom is 0.143 e. The highest BCUT2D eigenvalue weighted by Gasteiger charge is 2.20. The van der Waals surface area contributed by atoms with Crippen LogP contribution in [0.15, 0.2) is 137 Å². The smallest absolute Gasteiger partial charge is 0.143 e. The molecule has 1 heterocycles. The lowest BCUT2D eigenvalue weighted by Gasteiger charge is -2.18. The Bertz CT molecular complexity index is 3100. The van der Waals surface area contributed by atoms with Crippen molar-refractivity contribution < 1.29 is 30.5 Å². The van der Waals surface area contributed by atoms with Crippen LogP contribution in [0.2, 0.25) is 0 Å². The first-order valence-electron chi connectivity index (χ1n) is 20.7. The highest BCUT2D eigenvalue weighted by atomic mass is 16.3. The van der Waals surface area contributed by atoms with Gasteiger partial charge in [-0.3, -0.25) is 0 Å². The van der Waals surface area contributed by atoms with Crippen molar-refractivity contribution in [2.45, 2.75) is 0 Å². The molecule has 0 saturated carbocycles. The second-order valence-corrected chi connectivity index (χ2v) is 8.24. The zero-order chi connectivity index (χ0) is 40.9. The normalized spacial score (nSPS) is 19.0. The van der Waals surface area contributed by atoms with Gasteiger partial charge in [-0.05, 0) is 49.5 Å². The lowest BCUT2D eigenvalue weighted by Crippen LogP contribution is -1.91. The molecule has 0 aliphatic carbocycles. The Hall–Kier alpha value is -4.88. The van der Waals surface area contributed by atoms with Gasteiger partial charge in [-0.1, -0.05) is 127 Å². The number of benzene rings is 7. The van der Waals surface area contributed by atoms with Crippen LogP contribution < -0.4 is 0 Å². The van der Waals surface area contributed by atoms with E-state index in [1.165, 1.54) is 18.2 Å². The molecule has 0 atom stereocenters. The number of hydrogen-bond donors (Lipinski definition) is 0. The molecule has 0 aliphatic heterocycles. The second-order valence-electron chi connectivity index (χ2n) is 8.24. The van der Waals surface area contributed by atoms with E-state index in [-0.39, 0.29) is 43.8 Å². The molecule has 0 unspecified atom stereocenters. The Labute approximate surface area is 240 Å². The van der Waals surface area contributed by atoms with Crippen molar-refractivity contribution in [3.05, 3.63) is 133 Å². The summed E-state index contributed by atoms with van der Waals surface area (Å²) in [6, 6.07) is -9.23. The fourth-order valence-corrected chi connectivity index (χ4v) is 4.85. The summed E-state index contributed by atoms with van der Waals surface area (Å²) >= 11 is 0. The molecular formula is C36H22O. The first kappa shape index (κ1) is 9.21. The van der Waals surface area contributed by atoms with Crippen LogP contribution in [-0.4, -0.2) is 0 Å². The molecule has 7 aromatic carbocycles. The van der Waals surface area contributed by atoms with Crippen LogP contribution in [0, 0.1) is 0 Å². The molecule has 0 spiro atoms. The minimum atomic E-state index is -0.823. The largest absolute Gasteiger partial charge is 0.455 e. The molecule has 1 aromatic heterocycles. The summed E-state index contributed by atoms with van der Waals surface area (Å²) in [5, 5.41) is -2.47. The average Bonchev–Trinajstić information content (AvgIpc) is 3.58. The summed E-state index contributed by atoms with van der Waals surface area (Å²) in [6.45, 7) is 0. The van der Waals surface area contributed by atoms with Crippen molar-refractivity contribution in [2.24, 2.45) is 0 Å². The topological polar surface area (TPSA) is 13.1 Å². The quantitative estimate of drug-likeness (QED) is 0.220. The van der Waals surface area contributed by atoms with Gasteiger partial charge in [0, 0.05) is 21.9 Å². The SMILES string of the molecule is [2H]c1c([2H])c([2H])c2c(oc3c(-c4c5c([2H])c([2H])c([2H])c([2H])c5c(-c5c([2H])c([2H])c([2H])c6c([2H])c([2H])c([2H])c([2H])c56)c5c([2H])c([2H])c([2H])c([2H])c45)cccc32)c1[2H]. The van der Waals surface area contributed by atoms with Gasteiger partial charge in [-0.25, -0.2) is 0 Å². The van der Waals surface area contributed by atoms with Crippen molar-refractivity contribution in [2.75, 3.05) is 0 Å². The van der Waals surface area contributed by atoms with Crippen molar-refractivity contribution in [3.63, 3.8) is 0 Å². The van der Waals surface area contributed by atoms with Gasteiger partial charge in [0.05, 0.1) is 26.0 Å². The minimum absolute atomic E-state index is 0.0141. The molecule has 0 amide bonds. The molecule has 0 bridgehead atoms. The molecule has 0 saturated heterocycles. The summed E-state index contributed by atoms with van der Waals surface area (Å²) in [5.74, 6) is 0. The van der Waals surface area contributed by atoms with Crippen LogP contribution in [-0.2, 0) is 0 Å². The Morgan fingerprint density at radius 3 is 1.68 bits per heavy atom. The number of rotatable bonds is 2.